The molecular formula is C14H18N. The van der Waals surface area contributed by atoms with Crippen molar-refractivity contribution in [1.29, 1.82) is 0 Å². The summed E-state index contributed by atoms with van der Waals surface area (Å²) in [5.74, 6) is 0. The Morgan fingerprint density at radius 1 is 1.07 bits per heavy atom. The molecule has 2 aromatic rings. The van der Waals surface area contributed by atoms with E-state index in [0.717, 1.165) is 6.42 Å². The summed E-state index contributed by atoms with van der Waals surface area (Å²) in [7, 11) is 0. The maximum absolute atomic E-state index is 3.86. The molecule has 0 saturated carbocycles. The van der Waals surface area contributed by atoms with Crippen molar-refractivity contribution in [2.45, 2.75) is 32.1 Å². The van der Waals surface area contributed by atoms with Gasteiger partial charge >= 0.3 is 0 Å². The Morgan fingerprint density at radius 2 is 1.93 bits per heavy atom. The number of H-pyrrole nitrogens is 1. The predicted molar refractivity (Wildman–Crippen MR) is 65.8 cm³/mol. The van der Waals surface area contributed by atoms with Crippen LogP contribution in [0.25, 0.3) is 10.9 Å². The van der Waals surface area contributed by atoms with E-state index in [-0.39, 0.29) is 0 Å². The Morgan fingerprint density at radius 3 is 2.80 bits per heavy atom. The first-order valence-electron chi connectivity index (χ1n) is 5.76. The molecule has 0 amide bonds. The SMILES string of the molecule is [CH2]CCCCCc1c[nH]c2ccccc12. The number of aromatic nitrogens is 1. The molecule has 0 saturated heterocycles. The third-order valence-corrected chi connectivity index (χ3v) is 2.87. The van der Waals surface area contributed by atoms with Gasteiger partial charge in [-0.2, -0.15) is 0 Å². The molecule has 1 heteroatoms. The number of hydrogen-bond acceptors (Lipinski definition) is 0. The molecule has 0 aliphatic heterocycles. The van der Waals surface area contributed by atoms with E-state index in [1.165, 1.54) is 42.1 Å². The first-order valence-corrected chi connectivity index (χ1v) is 5.76. The highest BCUT2D eigenvalue weighted by Crippen LogP contribution is 2.19. The molecule has 1 N–H and O–H groups in total. The Balaban J connectivity index is 2.02. The van der Waals surface area contributed by atoms with Gasteiger partial charge in [0.15, 0.2) is 0 Å². The molecule has 79 valence electrons. The maximum Gasteiger partial charge on any atom is 0.0456 e. The van der Waals surface area contributed by atoms with Crippen LogP contribution in [0.2, 0.25) is 0 Å². The van der Waals surface area contributed by atoms with Crippen LogP contribution < -0.4 is 0 Å². The zero-order chi connectivity index (χ0) is 10.5. The van der Waals surface area contributed by atoms with Crippen molar-refractivity contribution in [3.05, 3.63) is 42.9 Å². The summed E-state index contributed by atoms with van der Waals surface area (Å²) in [5, 5.41) is 1.38. The normalized spacial score (nSPS) is 11.0. The van der Waals surface area contributed by atoms with E-state index in [9.17, 15) is 0 Å². The Kier molecular flexibility index (Phi) is 3.44. The van der Waals surface area contributed by atoms with Gasteiger partial charge in [0.25, 0.3) is 0 Å². The van der Waals surface area contributed by atoms with Gasteiger partial charge in [0.1, 0.15) is 0 Å². The average molecular weight is 200 g/mol. The molecular weight excluding hydrogens is 182 g/mol. The van der Waals surface area contributed by atoms with Gasteiger partial charge in [0.2, 0.25) is 0 Å². The first-order chi connectivity index (χ1) is 7.42. The van der Waals surface area contributed by atoms with E-state index in [0.29, 0.717) is 0 Å². The van der Waals surface area contributed by atoms with Crippen molar-refractivity contribution < 1.29 is 0 Å². The minimum atomic E-state index is 1.06. The maximum atomic E-state index is 3.86. The molecule has 0 spiro atoms. The van der Waals surface area contributed by atoms with E-state index in [2.05, 4.69) is 42.4 Å². The molecule has 0 aliphatic rings. The molecule has 0 unspecified atom stereocenters. The van der Waals surface area contributed by atoms with Crippen molar-refractivity contribution in [3.8, 4) is 0 Å². The fraction of sp³-hybridized carbons (Fsp3) is 0.357. The summed E-state index contributed by atoms with van der Waals surface area (Å²) in [6.07, 6.45) is 8.22. The lowest BCUT2D eigenvalue weighted by Gasteiger charge is -1.98. The van der Waals surface area contributed by atoms with Gasteiger partial charge < -0.3 is 4.98 Å². The van der Waals surface area contributed by atoms with Crippen molar-refractivity contribution in [2.75, 3.05) is 0 Å². The van der Waals surface area contributed by atoms with Crippen LogP contribution in [0.3, 0.4) is 0 Å². The van der Waals surface area contributed by atoms with Crippen LogP contribution in [-0.4, -0.2) is 4.98 Å². The minimum Gasteiger partial charge on any atom is -0.361 e. The number of nitrogens with one attached hydrogen (secondary N) is 1. The van der Waals surface area contributed by atoms with Gasteiger partial charge in [0.05, 0.1) is 0 Å². The number of unbranched alkanes of at least 4 members (excludes halogenated alkanes) is 3. The minimum absolute atomic E-state index is 1.06. The number of benzene rings is 1. The summed E-state index contributed by atoms with van der Waals surface area (Å²) < 4.78 is 0. The fourth-order valence-corrected chi connectivity index (χ4v) is 2.01. The van der Waals surface area contributed by atoms with Crippen molar-refractivity contribution in [2.24, 2.45) is 0 Å². The zero-order valence-corrected chi connectivity index (χ0v) is 9.13. The summed E-state index contributed by atoms with van der Waals surface area (Å²) in [4.78, 5) is 3.32. The second-order valence-electron chi connectivity index (χ2n) is 4.02. The lowest BCUT2D eigenvalue weighted by molar-refractivity contribution is 0.687. The standard InChI is InChI=1S/C14H18N/c1-2-3-4-5-8-12-11-15-14-10-7-6-9-13(12)14/h6-7,9-11,15H,1-5,8H2. The Bertz CT molecular complexity index is 414. The van der Waals surface area contributed by atoms with Crippen LogP contribution in [0.1, 0.15) is 31.2 Å². The molecule has 1 nitrogen and oxygen atoms in total. The summed E-state index contributed by atoms with van der Waals surface area (Å²) in [5.41, 5.74) is 2.71. The Hall–Kier alpha value is -1.24. The van der Waals surface area contributed by atoms with Gasteiger partial charge in [-0.25, -0.2) is 0 Å². The molecule has 0 atom stereocenters. The van der Waals surface area contributed by atoms with Gasteiger partial charge in [-0.05, 0) is 24.5 Å². The second kappa shape index (κ2) is 5.01. The highest BCUT2D eigenvalue weighted by atomic mass is 14.7. The van der Waals surface area contributed by atoms with Crippen LogP contribution in [0.4, 0.5) is 0 Å². The molecule has 0 bridgehead atoms. The number of fused-ring (bicyclic) bond motifs is 1. The zero-order valence-electron chi connectivity index (χ0n) is 9.13. The van der Waals surface area contributed by atoms with Gasteiger partial charge in [-0.3, -0.25) is 0 Å². The third kappa shape index (κ3) is 2.41. The van der Waals surface area contributed by atoms with Crippen LogP contribution >= 0.6 is 0 Å². The van der Waals surface area contributed by atoms with Gasteiger partial charge in [-0.1, -0.05) is 44.4 Å². The molecule has 2 rings (SSSR count). The molecule has 1 heterocycles. The number of para-hydroxylation sites is 1. The molecule has 1 aromatic carbocycles. The quantitative estimate of drug-likeness (QED) is 0.699. The highest BCUT2D eigenvalue weighted by molar-refractivity contribution is 5.82. The van der Waals surface area contributed by atoms with Crippen LogP contribution in [0.15, 0.2) is 30.5 Å². The smallest absolute Gasteiger partial charge is 0.0456 e. The Labute approximate surface area is 91.5 Å². The van der Waals surface area contributed by atoms with Gasteiger partial charge in [0, 0.05) is 17.1 Å². The lowest BCUT2D eigenvalue weighted by atomic mass is 10.1. The van der Waals surface area contributed by atoms with E-state index in [1.54, 1.807) is 0 Å². The summed E-state index contributed by atoms with van der Waals surface area (Å²) in [6, 6.07) is 8.51. The molecule has 0 aliphatic carbocycles. The predicted octanol–water partition coefficient (Wildman–Crippen LogP) is 4.10. The van der Waals surface area contributed by atoms with E-state index in [1.807, 2.05) is 0 Å². The van der Waals surface area contributed by atoms with Crippen molar-refractivity contribution in [1.82, 2.24) is 4.98 Å². The number of hydrogen-bond donors (Lipinski definition) is 1. The van der Waals surface area contributed by atoms with E-state index < -0.39 is 0 Å². The fourth-order valence-electron chi connectivity index (χ4n) is 2.01. The van der Waals surface area contributed by atoms with Crippen molar-refractivity contribution in [3.63, 3.8) is 0 Å². The number of aromatic amines is 1. The summed E-state index contributed by atoms with van der Waals surface area (Å²) in [6.45, 7) is 3.86. The van der Waals surface area contributed by atoms with Crippen LogP contribution in [0, 0.1) is 6.92 Å². The highest BCUT2D eigenvalue weighted by Gasteiger charge is 2.01. The monoisotopic (exact) mass is 200 g/mol. The van der Waals surface area contributed by atoms with Crippen LogP contribution in [0.5, 0.6) is 0 Å². The average Bonchev–Trinajstić information content (AvgIpc) is 2.68. The third-order valence-electron chi connectivity index (χ3n) is 2.87. The second-order valence-corrected chi connectivity index (χ2v) is 4.02. The topological polar surface area (TPSA) is 15.8 Å². The first kappa shape index (κ1) is 10.3. The molecule has 1 radical (unpaired) electrons. The largest absolute Gasteiger partial charge is 0.361 e. The number of rotatable bonds is 5. The summed E-state index contributed by atoms with van der Waals surface area (Å²) >= 11 is 0. The van der Waals surface area contributed by atoms with Crippen LogP contribution in [-0.2, 0) is 6.42 Å². The van der Waals surface area contributed by atoms with Gasteiger partial charge in [-0.15, -0.1) is 0 Å². The van der Waals surface area contributed by atoms with Crippen molar-refractivity contribution >= 4 is 10.9 Å². The van der Waals surface area contributed by atoms with E-state index >= 15 is 0 Å². The molecule has 1 aromatic heterocycles. The molecule has 0 fully saturated rings. The molecule has 15 heavy (non-hydrogen) atoms. The van der Waals surface area contributed by atoms with E-state index in [4.69, 9.17) is 0 Å². The number of aryl methyl sites for hydroxylation is 1. The lowest BCUT2D eigenvalue weighted by Crippen LogP contribution is -1.83.